The Morgan fingerprint density at radius 3 is 2.79 bits per heavy atom. The zero-order chi connectivity index (χ0) is 10.8. The predicted molar refractivity (Wildman–Crippen MR) is 57.9 cm³/mol. The second-order valence-electron chi connectivity index (χ2n) is 4.32. The highest BCUT2D eigenvalue weighted by atomic mass is 35.5. The van der Waals surface area contributed by atoms with Gasteiger partial charge in [0.05, 0.1) is 16.7 Å². The van der Waals surface area contributed by atoms with Crippen LogP contribution in [-0.4, -0.2) is 29.9 Å². The highest BCUT2D eigenvalue weighted by Crippen LogP contribution is 2.23. The van der Waals surface area contributed by atoms with E-state index in [1.165, 1.54) is 0 Å². The van der Waals surface area contributed by atoms with Gasteiger partial charge in [-0.2, -0.15) is 0 Å². The zero-order valence-corrected chi connectivity index (χ0v) is 9.97. The molecule has 2 atom stereocenters. The average Bonchev–Trinajstić information content (AvgIpc) is 2.52. The smallest absolute Gasteiger partial charge is 0.148 e. The number of nitrogens with zero attached hydrogens (tertiary/aromatic N) is 1. The molecular weight excluding hydrogens is 202 g/mol. The lowest BCUT2D eigenvalue weighted by Crippen LogP contribution is -2.27. The van der Waals surface area contributed by atoms with Gasteiger partial charge in [0.1, 0.15) is 6.10 Å². The molecule has 0 saturated heterocycles. The van der Waals surface area contributed by atoms with Gasteiger partial charge in [-0.05, 0) is 20.8 Å². The second-order valence-corrected chi connectivity index (χ2v) is 5.01. The van der Waals surface area contributed by atoms with Crippen LogP contribution in [-0.2, 0) is 9.57 Å². The molecule has 1 heterocycles. The first kappa shape index (κ1) is 11.8. The number of oxime groups is 1. The van der Waals surface area contributed by atoms with Crippen molar-refractivity contribution < 1.29 is 9.57 Å². The van der Waals surface area contributed by atoms with Crippen LogP contribution in [0.2, 0.25) is 0 Å². The number of halogens is 1. The molecule has 0 bridgehead atoms. The summed E-state index contributed by atoms with van der Waals surface area (Å²) in [6.45, 7) is 5.99. The number of alkyl halides is 1. The Labute approximate surface area is 90.4 Å². The van der Waals surface area contributed by atoms with Gasteiger partial charge < -0.3 is 9.57 Å². The fourth-order valence-corrected chi connectivity index (χ4v) is 1.50. The van der Waals surface area contributed by atoms with E-state index in [0.717, 1.165) is 18.6 Å². The zero-order valence-electron chi connectivity index (χ0n) is 9.21. The monoisotopic (exact) mass is 219 g/mol. The van der Waals surface area contributed by atoms with E-state index in [1.54, 1.807) is 7.11 Å². The van der Waals surface area contributed by atoms with Gasteiger partial charge >= 0.3 is 0 Å². The van der Waals surface area contributed by atoms with Crippen molar-refractivity contribution in [2.24, 2.45) is 5.16 Å². The minimum atomic E-state index is -0.174. The van der Waals surface area contributed by atoms with Crippen LogP contribution < -0.4 is 0 Å². The molecule has 4 heteroatoms. The summed E-state index contributed by atoms with van der Waals surface area (Å²) in [5.74, 6) is 0. The molecule has 0 radical (unpaired) electrons. The second kappa shape index (κ2) is 4.49. The van der Waals surface area contributed by atoms with E-state index in [4.69, 9.17) is 21.2 Å². The van der Waals surface area contributed by atoms with Crippen molar-refractivity contribution >= 4 is 17.3 Å². The first-order valence-electron chi connectivity index (χ1n) is 4.85. The summed E-state index contributed by atoms with van der Waals surface area (Å²) in [5, 5.41) is 4.03. The molecule has 0 amide bonds. The molecule has 1 aliphatic heterocycles. The van der Waals surface area contributed by atoms with Crippen molar-refractivity contribution in [1.29, 1.82) is 0 Å². The van der Waals surface area contributed by atoms with Gasteiger partial charge in [-0.25, -0.2) is 0 Å². The summed E-state index contributed by atoms with van der Waals surface area (Å²) >= 11 is 5.92. The van der Waals surface area contributed by atoms with Crippen LogP contribution in [0.25, 0.3) is 0 Å². The molecule has 0 fully saturated rings. The number of methoxy groups -OCH3 is 1. The van der Waals surface area contributed by atoms with Crippen molar-refractivity contribution in [3.63, 3.8) is 0 Å². The lowest BCUT2D eigenvalue weighted by molar-refractivity contribution is 0.0288. The van der Waals surface area contributed by atoms with Crippen molar-refractivity contribution in [1.82, 2.24) is 0 Å². The molecular formula is C10H18ClNO2. The summed E-state index contributed by atoms with van der Waals surface area (Å²) < 4.78 is 5.33. The molecule has 0 saturated carbocycles. The average molecular weight is 220 g/mol. The molecule has 0 spiro atoms. The Morgan fingerprint density at radius 1 is 1.71 bits per heavy atom. The topological polar surface area (TPSA) is 30.8 Å². The highest BCUT2D eigenvalue weighted by Gasteiger charge is 2.29. The van der Waals surface area contributed by atoms with Crippen LogP contribution in [0.15, 0.2) is 5.16 Å². The van der Waals surface area contributed by atoms with Crippen molar-refractivity contribution in [2.75, 3.05) is 7.11 Å². The van der Waals surface area contributed by atoms with Crippen LogP contribution in [0.4, 0.5) is 0 Å². The summed E-state index contributed by atoms with van der Waals surface area (Å²) in [4.78, 5) is 5.22. The van der Waals surface area contributed by atoms with E-state index >= 15 is 0 Å². The van der Waals surface area contributed by atoms with Crippen LogP contribution in [0, 0.1) is 0 Å². The minimum Gasteiger partial charge on any atom is -0.391 e. The summed E-state index contributed by atoms with van der Waals surface area (Å²) in [6, 6.07) is 0. The SMILES string of the molecule is COC(C)(C)CC1=NOC(C(C)Cl)C1. The van der Waals surface area contributed by atoms with E-state index in [-0.39, 0.29) is 17.1 Å². The first-order chi connectivity index (χ1) is 6.44. The van der Waals surface area contributed by atoms with E-state index in [1.807, 2.05) is 20.8 Å². The quantitative estimate of drug-likeness (QED) is 0.681. The Morgan fingerprint density at radius 2 is 2.36 bits per heavy atom. The molecule has 0 aromatic heterocycles. The fourth-order valence-electron chi connectivity index (χ4n) is 1.36. The van der Waals surface area contributed by atoms with Crippen LogP contribution in [0.3, 0.4) is 0 Å². The van der Waals surface area contributed by atoms with Crippen LogP contribution in [0.1, 0.15) is 33.6 Å². The van der Waals surface area contributed by atoms with Gasteiger partial charge in [0, 0.05) is 20.0 Å². The number of rotatable bonds is 4. The van der Waals surface area contributed by atoms with Crippen molar-refractivity contribution in [2.45, 2.75) is 50.7 Å². The Bertz CT molecular complexity index is 226. The standard InChI is InChI=1S/C10H18ClNO2/c1-7(11)9-5-8(12-14-9)6-10(2,3)13-4/h7,9H,5-6H2,1-4H3. The Balaban J connectivity index is 2.43. The third-order valence-electron chi connectivity index (χ3n) is 2.45. The molecule has 1 aliphatic rings. The maximum atomic E-state index is 5.92. The molecule has 0 aliphatic carbocycles. The molecule has 1 rings (SSSR count). The lowest BCUT2D eigenvalue weighted by Gasteiger charge is -2.22. The van der Waals surface area contributed by atoms with Gasteiger partial charge in [-0.1, -0.05) is 5.16 Å². The summed E-state index contributed by atoms with van der Waals surface area (Å²) in [7, 11) is 1.71. The van der Waals surface area contributed by atoms with Crippen LogP contribution in [0.5, 0.6) is 0 Å². The van der Waals surface area contributed by atoms with Gasteiger partial charge in [-0.15, -0.1) is 11.6 Å². The Kier molecular flexibility index (Phi) is 3.78. The predicted octanol–water partition coefficient (Wildman–Crippen LogP) is 2.57. The minimum absolute atomic E-state index is 0.00177. The number of hydrogen-bond donors (Lipinski definition) is 0. The maximum Gasteiger partial charge on any atom is 0.148 e. The number of hydrogen-bond acceptors (Lipinski definition) is 3. The van der Waals surface area contributed by atoms with Gasteiger partial charge in [0.25, 0.3) is 0 Å². The molecule has 14 heavy (non-hydrogen) atoms. The normalized spacial score (nSPS) is 24.4. The van der Waals surface area contributed by atoms with Gasteiger partial charge in [0.15, 0.2) is 0 Å². The molecule has 2 unspecified atom stereocenters. The summed E-state index contributed by atoms with van der Waals surface area (Å²) in [5.41, 5.74) is 0.862. The molecule has 0 N–H and O–H groups in total. The van der Waals surface area contributed by atoms with Crippen LogP contribution >= 0.6 is 11.6 Å². The first-order valence-corrected chi connectivity index (χ1v) is 5.29. The third-order valence-corrected chi connectivity index (χ3v) is 2.73. The molecule has 0 aromatic carbocycles. The van der Waals surface area contributed by atoms with Crippen molar-refractivity contribution in [3.05, 3.63) is 0 Å². The highest BCUT2D eigenvalue weighted by molar-refractivity contribution is 6.21. The Hall–Kier alpha value is -0.280. The molecule has 82 valence electrons. The van der Waals surface area contributed by atoms with E-state index in [9.17, 15) is 0 Å². The largest absolute Gasteiger partial charge is 0.391 e. The number of ether oxygens (including phenoxy) is 1. The molecule has 3 nitrogen and oxygen atoms in total. The lowest BCUT2D eigenvalue weighted by atomic mass is 9.97. The fraction of sp³-hybridized carbons (Fsp3) is 0.900. The maximum absolute atomic E-state index is 5.92. The third kappa shape index (κ3) is 3.14. The van der Waals surface area contributed by atoms with E-state index in [0.29, 0.717) is 0 Å². The van der Waals surface area contributed by atoms with Crippen molar-refractivity contribution in [3.8, 4) is 0 Å². The van der Waals surface area contributed by atoms with E-state index < -0.39 is 0 Å². The molecule has 0 aromatic rings. The van der Waals surface area contributed by atoms with Gasteiger partial charge in [-0.3, -0.25) is 0 Å². The van der Waals surface area contributed by atoms with E-state index in [2.05, 4.69) is 5.16 Å². The van der Waals surface area contributed by atoms with Gasteiger partial charge in [0.2, 0.25) is 0 Å². The summed E-state index contributed by atoms with van der Waals surface area (Å²) in [6.07, 6.45) is 1.64.